The Labute approximate surface area is 128 Å². The number of nitro benzene ring substituents is 1. The van der Waals surface area contributed by atoms with Gasteiger partial charge in [-0.15, -0.1) is 0 Å². The van der Waals surface area contributed by atoms with Crippen molar-refractivity contribution in [1.29, 1.82) is 0 Å². The predicted molar refractivity (Wildman–Crippen MR) is 78.9 cm³/mol. The number of aliphatic hydroxyl groups is 1. The van der Waals surface area contributed by atoms with Crippen LogP contribution in [0, 0.1) is 23.0 Å². The topological polar surface area (TPSA) is 110 Å². The first-order valence-electron chi connectivity index (χ1n) is 6.18. The maximum atomic E-state index is 12.2. The summed E-state index contributed by atoms with van der Waals surface area (Å²) in [7, 11) is -3.96. The summed E-state index contributed by atoms with van der Waals surface area (Å²) in [4.78, 5) is 9.97. The number of halogens is 1. The summed E-state index contributed by atoms with van der Waals surface area (Å²) in [6, 6.07) is 1.61. The molecule has 2 N–H and O–H groups in total. The fourth-order valence-electron chi connectivity index (χ4n) is 1.57. The number of sulfonamides is 1. The van der Waals surface area contributed by atoms with E-state index in [1.807, 2.05) is 0 Å². The van der Waals surface area contributed by atoms with Crippen LogP contribution in [0.5, 0.6) is 0 Å². The smallest absolute Gasteiger partial charge is 0.275 e. The number of nitrogens with one attached hydrogen (secondary N) is 1. The molecule has 1 aromatic rings. The van der Waals surface area contributed by atoms with Gasteiger partial charge in [-0.25, -0.2) is 13.1 Å². The SMILES string of the molecule is Cc1c(Cl)cc(S(=O)(=O)NC(C)C(C)CO)cc1[N+](=O)[O-]. The van der Waals surface area contributed by atoms with Crippen LogP contribution in [0.3, 0.4) is 0 Å². The molecule has 0 bridgehead atoms. The molecule has 0 aliphatic rings. The molecule has 0 amide bonds. The molecule has 21 heavy (non-hydrogen) atoms. The second-order valence-electron chi connectivity index (χ2n) is 4.88. The van der Waals surface area contributed by atoms with Crippen molar-refractivity contribution in [2.75, 3.05) is 6.61 Å². The normalized spacial score (nSPS) is 14.7. The summed E-state index contributed by atoms with van der Waals surface area (Å²) < 4.78 is 26.8. The fourth-order valence-corrected chi connectivity index (χ4v) is 3.25. The van der Waals surface area contributed by atoms with Crippen LogP contribution >= 0.6 is 11.6 Å². The maximum absolute atomic E-state index is 12.2. The highest BCUT2D eigenvalue weighted by Crippen LogP contribution is 2.29. The number of benzene rings is 1. The third kappa shape index (κ3) is 4.13. The molecular weight excluding hydrogens is 320 g/mol. The van der Waals surface area contributed by atoms with E-state index in [4.69, 9.17) is 16.7 Å². The number of hydrogen-bond acceptors (Lipinski definition) is 5. The van der Waals surface area contributed by atoms with Crippen molar-refractivity contribution in [3.05, 3.63) is 32.8 Å². The van der Waals surface area contributed by atoms with E-state index in [1.54, 1.807) is 13.8 Å². The molecular formula is C12H17ClN2O5S. The van der Waals surface area contributed by atoms with Crippen molar-refractivity contribution < 1.29 is 18.4 Å². The van der Waals surface area contributed by atoms with Crippen molar-refractivity contribution in [3.63, 3.8) is 0 Å². The lowest BCUT2D eigenvalue weighted by molar-refractivity contribution is -0.385. The van der Waals surface area contributed by atoms with E-state index in [9.17, 15) is 18.5 Å². The number of nitrogens with zero attached hydrogens (tertiary/aromatic N) is 1. The lowest BCUT2D eigenvalue weighted by Crippen LogP contribution is -2.38. The third-order valence-electron chi connectivity index (χ3n) is 3.28. The van der Waals surface area contributed by atoms with Crippen LogP contribution < -0.4 is 4.72 Å². The Morgan fingerprint density at radius 2 is 2.00 bits per heavy atom. The minimum absolute atomic E-state index is 0.00688. The highest BCUT2D eigenvalue weighted by molar-refractivity contribution is 7.89. The Hall–Kier alpha value is -1.22. The Balaban J connectivity index is 3.24. The molecule has 0 heterocycles. The van der Waals surface area contributed by atoms with Gasteiger partial charge in [0.1, 0.15) is 0 Å². The van der Waals surface area contributed by atoms with Gasteiger partial charge >= 0.3 is 0 Å². The van der Waals surface area contributed by atoms with Gasteiger partial charge in [0.05, 0.1) is 14.8 Å². The molecule has 0 radical (unpaired) electrons. The van der Waals surface area contributed by atoms with Crippen LogP contribution in [-0.2, 0) is 10.0 Å². The number of hydrogen-bond donors (Lipinski definition) is 2. The zero-order chi connectivity index (χ0) is 16.4. The summed E-state index contributed by atoms with van der Waals surface area (Å²) in [6.07, 6.45) is 0. The lowest BCUT2D eigenvalue weighted by Gasteiger charge is -2.19. The number of rotatable bonds is 6. The van der Waals surface area contributed by atoms with Gasteiger partial charge in [-0.1, -0.05) is 18.5 Å². The first kappa shape index (κ1) is 17.8. The van der Waals surface area contributed by atoms with E-state index >= 15 is 0 Å². The summed E-state index contributed by atoms with van der Waals surface area (Å²) in [5, 5.41) is 20.0. The predicted octanol–water partition coefficient (Wildman–Crippen LogP) is 1.85. The van der Waals surface area contributed by atoms with Crippen molar-refractivity contribution in [3.8, 4) is 0 Å². The Kier molecular flexibility index (Phi) is 5.68. The van der Waals surface area contributed by atoms with Crippen LogP contribution in [0.2, 0.25) is 5.02 Å². The molecule has 0 fully saturated rings. The lowest BCUT2D eigenvalue weighted by atomic mass is 10.1. The van der Waals surface area contributed by atoms with Crippen molar-refractivity contribution in [2.45, 2.75) is 31.7 Å². The Morgan fingerprint density at radius 3 is 2.48 bits per heavy atom. The average Bonchev–Trinajstić information content (AvgIpc) is 2.39. The van der Waals surface area contributed by atoms with Crippen LogP contribution in [0.15, 0.2) is 17.0 Å². The number of nitro groups is 1. The van der Waals surface area contributed by atoms with Crippen LogP contribution in [-0.4, -0.2) is 31.1 Å². The molecule has 0 spiro atoms. The molecule has 0 saturated carbocycles. The minimum Gasteiger partial charge on any atom is -0.396 e. The maximum Gasteiger partial charge on any atom is 0.275 e. The summed E-state index contributed by atoms with van der Waals surface area (Å²) in [6.45, 7) is 4.54. The van der Waals surface area contributed by atoms with E-state index in [-0.39, 0.29) is 33.7 Å². The zero-order valence-electron chi connectivity index (χ0n) is 11.8. The zero-order valence-corrected chi connectivity index (χ0v) is 13.4. The van der Waals surface area contributed by atoms with Crippen LogP contribution in [0.1, 0.15) is 19.4 Å². The molecule has 118 valence electrons. The third-order valence-corrected chi connectivity index (χ3v) is 5.21. The summed E-state index contributed by atoms with van der Waals surface area (Å²) in [5.74, 6) is -0.296. The monoisotopic (exact) mass is 336 g/mol. The first-order chi connectivity index (χ1) is 9.60. The molecule has 0 aromatic heterocycles. The van der Waals surface area contributed by atoms with Crippen LogP contribution in [0.25, 0.3) is 0 Å². The second-order valence-corrected chi connectivity index (χ2v) is 7.00. The standard InChI is InChI=1S/C12H17ClN2O5S/c1-7(6-16)9(3)14-21(19,20)10-4-11(13)8(2)12(5-10)15(17)18/h4-5,7,9,14,16H,6H2,1-3H3. The number of aliphatic hydroxyl groups excluding tert-OH is 1. The van der Waals surface area contributed by atoms with Gasteiger partial charge in [-0.3, -0.25) is 10.1 Å². The summed E-state index contributed by atoms with van der Waals surface area (Å²) >= 11 is 5.86. The van der Waals surface area contributed by atoms with Crippen LogP contribution in [0.4, 0.5) is 5.69 Å². The molecule has 9 heteroatoms. The van der Waals surface area contributed by atoms with Crippen molar-refractivity contribution in [2.24, 2.45) is 5.92 Å². The molecule has 0 aliphatic heterocycles. The molecule has 0 aliphatic carbocycles. The van der Waals surface area contributed by atoms with Gasteiger partial charge in [0, 0.05) is 24.3 Å². The molecule has 1 aromatic carbocycles. The van der Waals surface area contributed by atoms with Gasteiger partial charge in [0.25, 0.3) is 5.69 Å². The second kappa shape index (κ2) is 6.69. The van der Waals surface area contributed by atoms with E-state index in [0.29, 0.717) is 0 Å². The highest BCUT2D eigenvalue weighted by atomic mass is 35.5. The fraction of sp³-hybridized carbons (Fsp3) is 0.500. The van der Waals surface area contributed by atoms with Gasteiger partial charge in [-0.2, -0.15) is 0 Å². The van der Waals surface area contributed by atoms with E-state index < -0.39 is 21.0 Å². The molecule has 1 rings (SSSR count). The van der Waals surface area contributed by atoms with E-state index in [2.05, 4.69) is 4.72 Å². The van der Waals surface area contributed by atoms with Gasteiger partial charge < -0.3 is 5.11 Å². The molecule has 2 atom stereocenters. The Bertz CT molecular complexity index is 647. The largest absolute Gasteiger partial charge is 0.396 e. The van der Waals surface area contributed by atoms with Gasteiger partial charge in [0.2, 0.25) is 10.0 Å². The van der Waals surface area contributed by atoms with E-state index in [1.165, 1.54) is 13.0 Å². The molecule has 7 nitrogen and oxygen atoms in total. The highest BCUT2D eigenvalue weighted by Gasteiger charge is 2.25. The molecule has 2 unspecified atom stereocenters. The molecule has 0 saturated heterocycles. The minimum atomic E-state index is -3.96. The van der Waals surface area contributed by atoms with Gasteiger partial charge in [0.15, 0.2) is 0 Å². The van der Waals surface area contributed by atoms with Gasteiger partial charge in [-0.05, 0) is 25.8 Å². The van der Waals surface area contributed by atoms with E-state index in [0.717, 1.165) is 6.07 Å². The first-order valence-corrected chi connectivity index (χ1v) is 8.04. The quantitative estimate of drug-likeness (QED) is 0.608. The van der Waals surface area contributed by atoms with Crippen molar-refractivity contribution in [1.82, 2.24) is 4.72 Å². The average molecular weight is 337 g/mol. The van der Waals surface area contributed by atoms with Crippen molar-refractivity contribution >= 4 is 27.3 Å². The Morgan fingerprint density at radius 1 is 1.43 bits per heavy atom. The summed E-state index contributed by atoms with van der Waals surface area (Å²) in [5.41, 5.74) is -0.150.